The van der Waals surface area contributed by atoms with Gasteiger partial charge in [0.05, 0.1) is 17.3 Å². The fraction of sp³-hybridized carbons (Fsp3) is 0.276. The van der Waals surface area contributed by atoms with Crippen LogP contribution in [0.2, 0.25) is 0 Å². The van der Waals surface area contributed by atoms with Crippen molar-refractivity contribution < 1.29 is 14.3 Å². The van der Waals surface area contributed by atoms with E-state index in [0.717, 1.165) is 29.6 Å². The monoisotopic (exact) mass is 551 g/mol. The van der Waals surface area contributed by atoms with E-state index in [9.17, 15) is 9.59 Å². The number of anilines is 1. The maximum absolute atomic E-state index is 14.3. The van der Waals surface area contributed by atoms with Gasteiger partial charge in [0.15, 0.2) is 0 Å². The zero-order valence-electron chi connectivity index (χ0n) is 22.5. The number of hydrogen-bond acceptors (Lipinski definition) is 8. The Morgan fingerprint density at radius 3 is 2.66 bits per heavy atom. The molecule has 0 aliphatic carbocycles. The second-order valence-electron chi connectivity index (χ2n) is 9.92. The van der Waals surface area contributed by atoms with E-state index in [1.54, 1.807) is 15.4 Å². The molecule has 1 fully saturated rings. The van der Waals surface area contributed by atoms with Gasteiger partial charge < -0.3 is 10.1 Å². The Balaban J connectivity index is 1.41. The molecular formula is C29H29N9O3. The van der Waals surface area contributed by atoms with E-state index in [0.29, 0.717) is 29.9 Å². The third-order valence-corrected chi connectivity index (χ3v) is 7.18. The summed E-state index contributed by atoms with van der Waals surface area (Å²) >= 11 is 0. The van der Waals surface area contributed by atoms with E-state index >= 15 is 0 Å². The highest BCUT2D eigenvalue weighted by molar-refractivity contribution is 6.01. The van der Waals surface area contributed by atoms with Crippen LogP contribution in [0.15, 0.2) is 79.1 Å². The first-order valence-corrected chi connectivity index (χ1v) is 13.5. The predicted octanol–water partition coefficient (Wildman–Crippen LogP) is 2.79. The Morgan fingerprint density at radius 1 is 1.07 bits per heavy atom. The molecule has 208 valence electrons. The van der Waals surface area contributed by atoms with Gasteiger partial charge in [0, 0.05) is 18.8 Å². The summed E-state index contributed by atoms with van der Waals surface area (Å²) < 4.78 is 8.83. The van der Waals surface area contributed by atoms with E-state index < -0.39 is 6.04 Å². The summed E-state index contributed by atoms with van der Waals surface area (Å²) in [7, 11) is 0. The number of amides is 2. The minimum atomic E-state index is -0.946. The van der Waals surface area contributed by atoms with Crippen LogP contribution in [0.4, 0.5) is 5.69 Å². The van der Waals surface area contributed by atoms with E-state index in [4.69, 9.17) is 4.74 Å². The Kier molecular flexibility index (Phi) is 7.46. The maximum atomic E-state index is 14.3. The zero-order chi connectivity index (χ0) is 28.2. The van der Waals surface area contributed by atoms with Crippen LogP contribution < -0.4 is 10.2 Å². The molecule has 12 nitrogen and oxygen atoms in total. The lowest BCUT2D eigenvalue weighted by molar-refractivity contribution is -0.127. The van der Waals surface area contributed by atoms with Crippen molar-refractivity contribution in [2.75, 3.05) is 18.1 Å². The highest BCUT2D eigenvalue weighted by Gasteiger charge is 2.34. The Hall–Kier alpha value is -4.97. The first kappa shape index (κ1) is 26.3. The largest absolute Gasteiger partial charge is 0.376 e. The number of benzene rings is 3. The summed E-state index contributed by atoms with van der Waals surface area (Å²) in [5.74, 6) is -0.623. The molecule has 3 heterocycles. The van der Waals surface area contributed by atoms with E-state index in [1.165, 1.54) is 11.2 Å². The molecule has 0 bridgehead atoms. The molecule has 2 atom stereocenters. The number of para-hydroxylation sites is 1. The van der Waals surface area contributed by atoms with Gasteiger partial charge in [0.1, 0.15) is 24.4 Å². The molecule has 2 aromatic heterocycles. The topological polar surface area (TPSA) is 133 Å². The van der Waals surface area contributed by atoms with Crippen LogP contribution >= 0.6 is 0 Å². The average Bonchev–Trinajstić information content (AvgIpc) is 3.78. The number of rotatable bonds is 9. The van der Waals surface area contributed by atoms with Crippen LogP contribution in [-0.4, -0.2) is 66.3 Å². The molecule has 0 saturated carbocycles. The highest BCUT2D eigenvalue weighted by Crippen LogP contribution is 2.31. The van der Waals surface area contributed by atoms with Gasteiger partial charge in [0.2, 0.25) is 11.8 Å². The van der Waals surface area contributed by atoms with Crippen LogP contribution in [0.3, 0.4) is 0 Å². The molecule has 0 spiro atoms. The summed E-state index contributed by atoms with van der Waals surface area (Å²) in [6, 6.07) is 21.3. The molecule has 5 aromatic rings. The van der Waals surface area contributed by atoms with Gasteiger partial charge in [-0.25, -0.2) is 9.36 Å². The normalized spacial score (nSPS) is 15.6. The molecule has 3 aromatic carbocycles. The Morgan fingerprint density at radius 2 is 1.90 bits per heavy atom. The summed E-state index contributed by atoms with van der Waals surface area (Å²) in [6.45, 7) is 2.85. The second-order valence-corrected chi connectivity index (χ2v) is 9.92. The lowest BCUT2D eigenvalue weighted by Gasteiger charge is -2.32. The number of nitrogens with one attached hydrogen (secondary N) is 1. The van der Waals surface area contributed by atoms with Gasteiger partial charge in [-0.05, 0) is 71.7 Å². The first-order valence-electron chi connectivity index (χ1n) is 13.5. The number of hydrogen-bond donors (Lipinski definition) is 1. The van der Waals surface area contributed by atoms with Crippen LogP contribution in [0.25, 0.3) is 16.7 Å². The maximum Gasteiger partial charge on any atom is 0.249 e. The van der Waals surface area contributed by atoms with Crippen LogP contribution in [-0.2, 0) is 20.9 Å². The fourth-order valence-electron chi connectivity index (χ4n) is 5.16. The fourth-order valence-corrected chi connectivity index (χ4v) is 5.16. The lowest BCUT2D eigenvalue weighted by Crippen LogP contribution is -2.46. The molecular weight excluding hydrogens is 522 g/mol. The quantitative estimate of drug-likeness (QED) is 0.296. The Labute approximate surface area is 235 Å². The molecule has 41 heavy (non-hydrogen) atoms. The number of ether oxygens (including phenoxy) is 1. The molecule has 2 unspecified atom stereocenters. The summed E-state index contributed by atoms with van der Waals surface area (Å²) in [4.78, 5) is 29.7. The molecule has 6 rings (SSSR count). The van der Waals surface area contributed by atoms with E-state index in [-0.39, 0.29) is 24.5 Å². The van der Waals surface area contributed by atoms with Gasteiger partial charge in [-0.2, -0.15) is 0 Å². The third kappa shape index (κ3) is 5.54. The number of aromatic nitrogens is 7. The van der Waals surface area contributed by atoms with Crippen molar-refractivity contribution in [3.63, 3.8) is 0 Å². The van der Waals surface area contributed by atoms with Gasteiger partial charge in [-0.1, -0.05) is 47.7 Å². The standard InChI is InChI=1S/C29H29N9O3/c1-20-16-22(13-14-25(20)37-19-31-33-35-37)38(27(39)18-36-26-12-6-5-11-24(26)32-34-36)28(21-8-3-2-4-9-21)29(40)30-17-23-10-7-15-41-23/h2-6,8-9,11-14,16,19,23,28H,7,10,15,17-18H2,1H3,(H,30,40). The summed E-state index contributed by atoms with van der Waals surface area (Å²) in [6.07, 6.45) is 3.31. The number of tetrazole rings is 1. The third-order valence-electron chi connectivity index (χ3n) is 7.18. The van der Waals surface area contributed by atoms with Crippen molar-refractivity contribution in [2.45, 2.75) is 38.5 Å². The number of nitrogens with zero attached hydrogens (tertiary/aromatic N) is 8. The van der Waals surface area contributed by atoms with Crippen LogP contribution in [0.5, 0.6) is 0 Å². The number of aryl methyl sites for hydroxylation is 1. The molecule has 1 aliphatic rings. The molecule has 0 radical (unpaired) electrons. The van der Waals surface area contributed by atoms with E-state index in [1.807, 2.05) is 73.7 Å². The minimum Gasteiger partial charge on any atom is -0.376 e. The highest BCUT2D eigenvalue weighted by atomic mass is 16.5. The molecule has 1 N–H and O–H groups in total. The van der Waals surface area contributed by atoms with Crippen molar-refractivity contribution in [2.24, 2.45) is 0 Å². The zero-order valence-corrected chi connectivity index (χ0v) is 22.5. The van der Waals surface area contributed by atoms with Crippen molar-refractivity contribution in [1.82, 2.24) is 40.5 Å². The van der Waals surface area contributed by atoms with Gasteiger partial charge in [-0.15, -0.1) is 10.2 Å². The van der Waals surface area contributed by atoms with E-state index in [2.05, 4.69) is 31.2 Å². The molecule has 12 heteroatoms. The van der Waals surface area contributed by atoms with Crippen LogP contribution in [0.1, 0.15) is 30.0 Å². The van der Waals surface area contributed by atoms with Crippen LogP contribution in [0, 0.1) is 6.92 Å². The van der Waals surface area contributed by atoms with Crippen molar-refractivity contribution in [3.05, 3.63) is 90.3 Å². The van der Waals surface area contributed by atoms with Crippen molar-refractivity contribution in [3.8, 4) is 5.69 Å². The molecule has 1 saturated heterocycles. The van der Waals surface area contributed by atoms with Gasteiger partial charge in [0.25, 0.3) is 0 Å². The number of carbonyl (C=O) groups excluding carboxylic acids is 2. The molecule has 1 aliphatic heterocycles. The number of fused-ring (bicyclic) bond motifs is 1. The van der Waals surface area contributed by atoms with Crippen molar-refractivity contribution in [1.29, 1.82) is 0 Å². The smallest absolute Gasteiger partial charge is 0.249 e. The average molecular weight is 552 g/mol. The SMILES string of the molecule is Cc1cc(N(C(=O)Cn2nnc3ccccc32)C(C(=O)NCC2CCCO2)c2ccccc2)ccc1-n1cnnn1. The first-order chi connectivity index (χ1) is 20.1. The number of carbonyl (C=O) groups is 2. The van der Waals surface area contributed by atoms with Crippen molar-refractivity contribution >= 4 is 28.5 Å². The second kappa shape index (κ2) is 11.6. The minimum absolute atomic E-state index is 0.0427. The summed E-state index contributed by atoms with van der Waals surface area (Å²) in [5, 5.41) is 22.9. The Bertz CT molecular complexity index is 1650. The lowest BCUT2D eigenvalue weighted by atomic mass is 10.0. The van der Waals surface area contributed by atoms with Gasteiger partial charge in [-0.3, -0.25) is 14.5 Å². The summed E-state index contributed by atoms with van der Waals surface area (Å²) in [5.41, 5.74) is 4.22. The predicted molar refractivity (Wildman–Crippen MR) is 150 cm³/mol. The molecule has 2 amide bonds. The van der Waals surface area contributed by atoms with Gasteiger partial charge >= 0.3 is 0 Å².